The van der Waals surface area contributed by atoms with Crippen LogP contribution >= 0.6 is 0 Å². The summed E-state index contributed by atoms with van der Waals surface area (Å²) in [7, 11) is 3.77. The molecule has 2 heterocycles. The molecule has 4 nitrogen and oxygen atoms in total. The van der Waals surface area contributed by atoms with Crippen LogP contribution in [0.3, 0.4) is 0 Å². The quantitative estimate of drug-likeness (QED) is 0.680. The van der Waals surface area contributed by atoms with Gasteiger partial charge in [0.1, 0.15) is 0 Å². The van der Waals surface area contributed by atoms with Crippen LogP contribution in [-0.4, -0.2) is 21.8 Å². The molecule has 2 rings (SSSR count). The van der Waals surface area contributed by atoms with Gasteiger partial charge in [-0.2, -0.15) is 5.10 Å². The molecule has 12 heavy (non-hydrogen) atoms. The van der Waals surface area contributed by atoms with E-state index in [1.807, 2.05) is 26.4 Å². The third kappa shape index (κ3) is 0.845. The van der Waals surface area contributed by atoms with Crippen LogP contribution in [-0.2, 0) is 7.05 Å². The van der Waals surface area contributed by atoms with E-state index in [4.69, 9.17) is 0 Å². The minimum Gasteiger partial charge on any atom is -0.387 e. The molecule has 1 N–H and O–H groups in total. The minimum absolute atomic E-state index is 0.904. The molecule has 0 bridgehead atoms. The molecule has 0 aliphatic rings. The van der Waals surface area contributed by atoms with Crippen LogP contribution in [0.1, 0.15) is 0 Å². The van der Waals surface area contributed by atoms with Crippen LogP contribution in [0, 0.1) is 0 Å². The number of pyridine rings is 1. The molecule has 0 aliphatic heterocycles. The SMILES string of the molecule is CNc1ccnc2c1cnn2C. The molecule has 0 aliphatic carbocycles. The Balaban J connectivity index is 2.81. The first kappa shape index (κ1) is 7.09. The monoisotopic (exact) mass is 162 g/mol. The lowest BCUT2D eigenvalue weighted by molar-refractivity contribution is 0.786. The van der Waals surface area contributed by atoms with Gasteiger partial charge in [-0.05, 0) is 6.07 Å². The number of nitrogens with one attached hydrogen (secondary N) is 1. The molecule has 62 valence electrons. The van der Waals surface area contributed by atoms with Crippen LogP contribution in [0.15, 0.2) is 18.5 Å². The Morgan fingerprint density at radius 3 is 3.08 bits per heavy atom. The van der Waals surface area contributed by atoms with Crippen LogP contribution in [0.2, 0.25) is 0 Å². The van der Waals surface area contributed by atoms with Crippen molar-refractivity contribution in [2.45, 2.75) is 0 Å². The highest BCUT2D eigenvalue weighted by Crippen LogP contribution is 2.19. The van der Waals surface area contributed by atoms with Crippen molar-refractivity contribution >= 4 is 16.7 Å². The van der Waals surface area contributed by atoms with Crippen molar-refractivity contribution in [2.75, 3.05) is 12.4 Å². The maximum atomic E-state index is 4.21. The van der Waals surface area contributed by atoms with Gasteiger partial charge in [-0.25, -0.2) is 4.98 Å². The maximum absolute atomic E-state index is 4.21. The fraction of sp³-hybridized carbons (Fsp3) is 0.250. The Morgan fingerprint density at radius 2 is 2.33 bits per heavy atom. The number of anilines is 1. The molecular weight excluding hydrogens is 152 g/mol. The van der Waals surface area contributed by atoms with Crippen molar-refractivity contribution in [3.63, 3.8) is 0 Å². The first-order chi connectivity index (χ1) is 5.83. The van der Waals surface area contributed by atoms with Crippen molar-refractivity contribution in [1.82, 2.24) is 14.8 Å². The Morgan fingerprint density at radius 1 is 1.50 bits per heavy atom. The highest BCUT2D eigenvalue weighted by molar-refractivity contribution is 5.88. The molecule has 0 spiro atoms. The van der Waals surface area contributed by atoms with Gasteiger partial charge in [0.05, 0.1) is 11.6 Å². The van der Waals surface area contributed by atoms with Gasteiger partial charge in [-0.1, -0.05) is 0 Å². The minimum atomic E-state index is 0.904. The number of rotatable bonds is 1. The topological polar surface area (TPSA) is 42.7 Å². The molecule has 2 aromatic rings. The summed E-state index contributed by atoms with van der Waals surface area (Å²) in [5.41, 5.74) is 1.97. The summed E-state index contributed by atoms with van der Waals surface area (Å²) in [4.78, 5) is 4.21. The fourth-order valence-corrected chi connectivity index (χ4v) is 1.26. The van der Waals surface area contributed by atoms with E-state index in [9.17, 15) is 0 Å². The second-order valence-corrected chi connectivity index (χ2v) is 2.61. The van der Waals surface area contributed by atoms with Gasteiger partial charge in [0.2, 0.25) is 0 Å². The predicted molar refractivity (Wildman–Crippen MR) is 48.1 cm³/mol. The highest BCUT2D eigenvalue weighted by Gasteiger charge is 2.03. The first-order valence-electron chi connectivity index (χ1n) is 3.77. The Labute approximate surface area is 70.2 Å². The van der Waals surface area contributed by atoms with Gasteiger partial charge in [0, 0.05) is 26.0 Å². The maximum Gasteiger partial charge on any atom is 0.159 e. The van der Waals surface area contributed by atoms with Crippen LogP contribution in [0.5, 0.6) is 0 Å². The lowest BCUT2D eigenvalue weighted by Gasteiger charge is -1.99. The lowest BCUT2D eigenvalue weighted by atomic mass is 10.3. The smallest absolute Gasteiger partial charge is 0.159 e. The zero-order chi connectivity index (χ0) is 8.55. The molecule has 4 heteroatoms. The largest absolute Gasteiger partial charge is 0.387 e. The summed E-state index contributed by atoms with van der Waals surface area (Å²) in [5.74, 6) is 0. The molecule has 0 amide bonds. The molecule has 0 aromatic carbocycles. The Bertz CT molecular complexity index is 404. The van der Waals surface area contributed by atoms with E-state index in [1.165, 1.54) is 0 Å². The highest BCUT2D eigenvalue weighted by atomic mass is 15.3. The number of nitrogens with zero attached hydrogens (tertiary/aromatic N) is 3. The molecule has 0 saturated heterocycles. The van der Waals surface area contributed by atoms with Crippen LogP contribution in [0.25, 0.3) is 11.0 Å². The fourth-order valence-electron chi connectivity index (χ4n) is 1.26. The summed E-state index contributed by atoms with van der Waals surface area (Å²) in [6.45, 7) is 0. The summed E-state index contributed by atoms with van der Waals surface area (Å²) in [6, 6.07) is 1.93. The molecule has 0 saturated carbocycles. The molecule has 0 fully saturated rings. The predicted octanol–water partition coefficient (Wildman–Crippen LogP) is 1.01. The molecule has 2 aromatic heterocycles. The van der Waals surface area contributed by atoms with E-state index >= 15 is 0 Å². The lowest BCUT2D eigenvalue weighted by Crippen LogP contribution is -1.93. The molecule has 0 radical (unpaired) electrons. The second kappa shape index (κ2) is 2.48. The summed E-state index contributed by atoms with van der Waals surface area (Å²) in [6.07, 6.45) is 3.59. The average Bonchev–Trinajstić information content (AvgIpc) is 2.48. The van der Waals surface area contributed by atoms with Crippen molar-refractivity contribution in [3.8, 4) is 0 Å². The van der Waals surface area contributed by atoms with Gasteiger partial charge in [-0.3, -0.25) is 4.68 Å². The van der Waals surface area contributed by atoms with Gasteiger partial charge >= 0.3 is 0 Å². The van der Waals surface area contributed by atoms with Gasteiger partial charge in [0.25, 0.3) is 0 Å². The molecular formula is C8H10N4. The van der Waals surface area contributed by atoms with Gasteiger partial charge in [-0.15, -0.1) is 0 Å². The Hall–Kier alpha value is -1.58. The number of aryl methyl sites for hydroxylation is 1. The summed E-state index contributed by atoms with van der Waals surface area (Å²) >= 11 is 0. The van der Waals surface area contributed by atoms with Crippen LogP contribution in [0.4, 0.5) is 5.69 Å². The first-order valence-corrected chi connectivity index (χ1v) is 3.77. The van der Waals surface area contributed by atoms with Crippen molar-refractivity contribution in [3.05, 3.63) is 18.5 Å². The van der Waals surface area contributed by atoms with E-state index in [-0.39, 0.29) is 0 Å². The Kier molecular flexibility index (Phi) is 1.46. The van der Waals surface area contributed by atoms with E-state index in [0.717, 1.165) is 16.7 Å². The molecule has 0 atom stereocenters. The van der Waals surface area contributed by atoms with Gasteiger partial charge in [0.15, 0.2) is 5.65 Å². The standard InChI is InChI=1S/C8H10N4/c1-9-7-3-4-10-8-6(7)5-11-12(8)2/h3-5H,1-2H3,(H,9,10). The van der Waals surface area contributed by atoms with E-state index in [1.54, 1.807) is 10.9 Å². The summed E-state index contributed by atoms with van der Waals surface area (Å²) in [5, 5.41) is 8.27. The van der Waals surface area contributed by atoms with Crippen molar-refractivity contribution < 1.29 is 0 Å². The number of aromatic nitrogens is 3. The summed E-state index contributed by atoms with van der Waals surface area (Å²) < 4.78 is 1.76. The van der Waals surface area contributed by atoms with Gasteiger partial charge < -0.3 is 5.32 Å². The normalized spacial score (nSPS) is 10.5. The zero-order valence-corrected chi connectivity index (χ0v) is 7.07. The third-order valence-electron chi connectivity index (χ3n) is 1.90. The van der Waals surface area contributed by atoms with Crippen molar-refractivity contribution in [1.29, 1.82) is 0 Å². The third-order valence-corrected chi connectivity index (χ3v) is 1.90. The molecule has 0 unspecified atom stereocenters. The number of fused-ring (bicyclic) bond motifs is 1. The van der Waals surface area contributed by atoms with Crippen LogP contribution < -0.4 is 5.32 Å². The number of hydrogen-bond acceptors (Lipinski definition) is 3. The average molecular weight is 162 g/mol. The second-order valence-electron chi connectivity index (χ2n) is 2.61. The zero-order valence-electron chi connectivity index (χ0n) is 7.07. The van der Waals surface area contributed by atoms with Crippen molar-refractivity contribution in [2.24, 2.45) is 7.05 Å². The van der Waals surface area contributed by atoms with E-state index in [2.05, 4.69) is 15.4 Å². The van der Waals surface area contributed by atoms with E-state index < -0.39 is 0 Å². The number of hydrogen-bond donors (Lipinski definition) is 1. The van der Waals surface area contributed by atoms with E-state index in [0.29, 0.717) is 0 Å².